The van der Waals surface area contributed by atoms with Gasteiger partial charge in [-0.05, 0) is 159 Å². The summed E-state index contributed by atoms with van der Waals surface area (Å²) in [6.45, 7) is 2.70. The van der Waals surface area contributed by atoms with Crippen LogP contribution in [0.3, 0.4) is 0 Å². The Morgan fingerprint density at radius 1 is 0.417 bits per heavy atom. The molecular formula is C61H46N4O7. The quantitative estimate of drug-likeness (QED) is 0.0690. The molecular weight excluding hydrogens is 901 g/mol. The van der Waals surface area contributed by atoms with Crippen molar-refractivity contribution >= 4 is 97.9 Å². The summed E-state index contributed by atoms with van der Waals surface area (Å²) in [7, 11) is 0. The number of carbonyl (C=O) groups is 2. The number of aromatic hydroxyl groups is 2. The van der Waals surface area contributed by atoms with E-state index >= 15 is 0 Å². The number of nitrogens with zero attached hydrogens (tertiary/aromatic N) is 4. The minimum atomic E-state index is -0.781. The van der Waals surface area contributed by atoms with Crippen LogP contribution in [0, 0.1) is 45.3 Å². The van der Waals surface area contributed by atoms with E-state index in [1.165, 1.54) is 0 Å². The van der Waals surface area contributed by atoms with E-state index in [1.54, 1.807) is 31.2 Å². The zero-order valence-corrected chi connectivity index (χ0v) is 39.4. The van der Waals surface area contributed by atoms with Crippen LogP contribution < -0.4 is 9.47 Å². The van der Waals surface area contributed by atoms with Gasteiger partial charge in [0.1, 0.15) is 53.1 Å². The zero-order chi connectivity index (χ0) is 50.5. The maximum absolute atomic E-state index is 11.1. The van der Waals surface area contributed by atoms with Crippen LogP contribution in [0.15, 0.2) is 121 Å². The topological polar surface area (TPSA) is 208 Å². The first-order valence-electron chi connectivity index (χ1n) is 23.8. The molecule has 0 amide bonds. The van der Waals surface area contributed by atoms with Gasteiger partial charge in [0.05, 0.1) is 35.5 Å². The molecule has 0 saturated carbocycles. The number of ketones is 1. The fraction of sp³-hybridized carbons (Fsp3) is 0.180. The van der Waals surface area contributed by atoms with Gasteiger partial charge in [0, 0.05) is 34.4 Å². The third-order valence-corrected chi connectivity index (χ3v) is 13.3. The molecule has 0 aliphatic rings. The Hall–Kier alpha value is -9.42. The number of Topliss-reactive ketones (excluding diaryl/α,β-unsaturated/α-hetero) is 1. The number of phenols is 2. The number of carbonyl (C=O) groups excluding carboxylic acids is 1. The van der Waals surface area contributed by atoms with Crippen molar-refractivity contribution in [2.75, 3.05) is 13.2 Å². The smallest absolute Gasteiger partial charge is 0.303 e. The molecule has 0 aliphatic carbocycles. The van der Waals surface area contributed by atoms with Gasteiger partial charge in [-0.25, -0.2) is 0 Å². The van der Waals surface area contributed by atoms with E-state index < -0.39 is 5.97 Å². The molecule has 0 radical (unpaired) electrons. The van der Waals surface area contributed by atoms with Crippen molar-refractivity contribution in [1.82, 2.24) is 0 Å². The molecule has 352 valence electrons. The highest BCUT2D eigenvalue weighted by molar-refractivity contribution is 6.31. The molecule has 0 atom stereocenters. The van der Waals surface area contributed by atoms with Gasteiger partial charge in [-0.15, -0.1) is 0 Å². The average molecular weight is 947 g/mol. The molecule has 0 saturated heterocycles. The van der Waals surface area contributed by atoms with E-state index in [2.05, 4.69) is 24.3 Å². The predicted octanol–water partition coefficient (Wildman–Crippen LogP) is 14.0. The number of ether oxygens (including phenoxy) is 2. The lowest BCUT2D eigenvalue weighted by Gasteiger charge is -2.15. The van der Waals surface area contributed by atoms with Crippen LogP contribution >= 0.6 is 0 Å². The third kappa shape index (κ3) is 9.24. The Kier molecular flexibility index (Phi) is 13.7. The summed E-state index contributed by atoms with van der Waals surface area (Å²) in [4.78, 5) is 21.7. The fourth-order valence-electron chi connectivity index (χ4n) is 9.93. The van der Waals surface area contributed by atoms with Crippen LogP contribution in [0.2, 0.25) is 0 Å². The van der Waals surface area contributed by atoms with Crippen LogP contribution in [0.1, 0.15) is 80.5 Å². The summed E-state index contributed by atoms with van der Waals surface area (Å²) in [5, 5.41) is 82.4. The lowest BCUT2D eigenvalue weighted by molar-refractivity contribution is -0.137. The molecule has 10 aromatic carbocycles. The maximum atomic E-state index is 11.1. The number of nitriles is 4. The fourth-order valence-corrected chi connectivity index (χ4v) is 9.93. The van der Waals surface area contributed by atoms with Crippen molar-refractivity contribution in [3.05, 3.63) is 144 Å². The molecule has 3 N–H and O–H groups in total. The number of carboxylic acids is 1. The summed E-state index contributed by atoms with van der Waals surface area (Å²) in [5.74, 6) is 1.26. The molecule has 0 heterocycles. The van der Waals surface area contributed by atoms with Crippen molar-refractivity contribution < 1.29 is 34.4 Å². The van der Waals surface area contributed by atoms with Gasteiger partial charge < -0.3 is 29.6 Å². The van der Waals surface area contributed by atoms with Gasteiger partial charge in [0.25, 0.3) is 0 Å². The van der Waals surface area contributed by atoms with Gasteiger partial charge in [-0.3, -0.25) is 4.79 Å². The van der Waals surface area contributed by atoms with E-state index in [9.17, 15) is 40.8 Å². The number of hydrogen-bond donors (Lipinski definition) is 3. The Balaban J connectivity index is 0.000000178. The van der Waals surface area contributed by atoms with E-state index in [-0.39, 0.29) is 23.7 Å². The Morgan fingerprint density at radius 2 is 0.736 bits per heavy atom. The molecule has 11 nitrogen and oxygen atoms in total. The molecule has 0 aromatic heterocycles. The Labute approximate surface area is 414 Å². The highest BCUT2D eigenvalue weighted by Gasteiger charge is 2.21. The van der Waals surface area contributed by atoms with E-state index in [4.69, 9.17) is 14.6 Å². The average Bonchev–Trinajstić information content (AvgIpc) is 3.38. The van der Waals surface area contributed by atoms with E-state index in [1.807, 2.05) is 97.1 Å². The van der Waals surface area contributed by atoms with Crippen molar-refractivity contribution in [3.63, 3.8) is 0 Å². The number of unbranched alkanes of at least 4 members (excludes halogenated alkanes) is 4. The lowest BCUT2D eigenvalue weighted by atomic mass is 9.87. The first kappa shape index (κ1) is 47.6. The minimum Gasteiger partial charge on any atom is -0.508 e. The first-order valence-corrected chi connectivity index (χ1v) is 23.8. The number of aliphatic carboxylic acids is 1. The van der Waals surface area contributed by atoms with Crippen LogP contribution in [0.5, 0.6) is 23.0 Å². The van der Waals surface area contributed by atoms with E-state index in [0.29, 0.717) is 64.8 Å². The number of fused-ring (bicyclic) bond motifs is 14. The zero-order valence-electron chi connectivity index (χ0n) is 39.4. The second-order valence-corrected chi connectivity index (χ2v) is 17.9. The van der Waals surface area contributed by atoms with Crippen LogP contribution in [0.4, 0.5) is 0 Å². The molecule has 10 rings (SSSR count). The molecule has 11 heteroatoms. The number of benzene rings is 10. The SMILES string of the molecule is CC(=O)CCCCCOc1ccc2c(ccc3c(C#N)c(C#N)c4ccc5cc(O)ccc5c4c32)c1.N#Cc1c(C#N)c2ccc3cc(OCCCCCC(=O)O)ccc3c2c2c1ccc1cc(O)ccc12. The Bertz CT molecular complexity index is 3780. The third-order valence-electron chi connectivity index (χ3n) is 13.3. The largest absolute Gasteiger partial charge is 0.508 e. The van der Waals surface area contributed by atoms with Crippen molar-refractivity contribution in [2.45, 2.75) is 58.3 Å². The van der Waals surface area contributed by atoms with Crippen molar-refractivity contribution in [2.24, 2.45) is 0 Å². The van der Waals surface area contributed by atoms with Gasteiger partial charge in [-0.1, -0.05) is 72.8 Å². The minimum absolute atomic E-state index is 0.162. The molecule has 0 unspecified atom stereocenters. The van der Waals surface area contributed by atoms with E-state index in [0.717, 1.165) is 113 Å². The summed E-state index contributed by atoms with van der Waals surface area (Å²) < 4.78 is 11.9. The second-order valence-electron chi connectivity index (χ2n) is 17.9. The van der Waals surface area contributed by atoms with Crippen molar-refractivity contribution in [1.29, 1.82) is 21.0 Å². The molecule has 10 aromatic rings. The van der Waals surface area contributed by atoms with Gasteiger partial charge in [0.2, 0.25) is 0 Å². The molecule has 0 bridgehead atoms. The summed E-state index contributed by atoms with van der Waals surface area (Å²) in [5.41, 5.74) is 1.42. The normalized spacial score (nSPS) is 11.1. The van der Waals surface area contributed by atoms with Crippen LogP contribution in [0.25, 0.3) is 86.2 Å². The van der Waals surface area contributed by atoms with Crippen LogP contribution in [-0.4, -0.2) is 40.3 Å². The number of hydrogen-bond acceptors (Lipinski definition) is 10. The van der Waals surface area contributed by atoms with Gasteiger partial charge in [0.15, 0.2) is 0 Å². The van der Waals surface area contributed by atoms with Crippen molar-refractivity contribution in [3.8, 4) is 47.3 Å². The summed E-state index contributed by atoms with van der Waals surface area (Å²) in [6.07, 6.45) is 5.69. The number of rotatable bonds is 14. The summed E-state index contributed by atoms with van der Waals surface area (Å²) in [6, 6.07) is 46.3. The number of carboxylic acid groups (broad SMARTS) is 1. The van der Waals surface area contributed by atoms with Crippen LogP contribution in [-0.2, 0) is 9.59 Å². The number of phenolic OH excluding ortho intramolecular Hbond substituents is 2. The highest BCUT2D eigenvalue weighted by Crippen LogP contribution is 2.43. The summed E-state index contributed by atoms with van der Waals surface area (Å²) >= 11 is 0. The molecule has 0 fully saturated rings. The lowest BCUT2D eigenvalue weighted by Crippen LogP contribution is -1.99. The maximum Gasteiger partial charge on any atom is 0.303 e. The monoisotopic (exact) mass is 946 g/mol. The highest BCUT2D eigenvalue weighted by atomic mass is 16.5. The van der Waals surface area contributed by atoms with Gasteiger partial charge in [-0.2, -0.15) is 21.0 Å². The van der Waals surface area contributed by atoms with Gasteiger partial charge >= 0.3 is 5.97 Å². The molecule has 0 aliphatic heterocycles. The predicted molar refractivity (Wildman–Crippen MR) is 281 cm³/mol. The Morgan fingerprint density at radius 3 is 1.07 bits per heavy atom. The first-order chi connectivity index (χ1) is 35.0. The second kappa shape index (κ2) is 20.7. The molecule has 72 heavy (non-hydrogen) atoms. The molecule has 0 spiro atoms. The standard InChI is InChI=1S/C31H24N2O3.C30H22N2O4/c1-19(34)5-3-2-4-14-36-23-9-13-25-21(16-23)7-11-27-29(18-33)28(17-32)26-10-6-20-15-22(35)8-12-24(20)30(26)31(25)27;31-16-26-24-9-5-18-14-20(33)7-11-22(18)29(24)30-23-12-8-21(36-13-3-1-2-4-28(34)35)15-19(23)6-10-25(30)27(26)17-32/h6-13,15-16,35H,2-5,14H2,1H3;5-12,14-15,33H,1-4,13H2,(H,34,35).